The second-order valence-corrected chi connectivity index (χ2v) is 5.42. The van der Waals surface area contributed by atoms with Gasteiger partial charge < -0.3 is 25.7 Å². The van der Waals surface area contributed by atoms with Gasteiger partial charge in [0.25, 0.3) is 0 Å². The first-order valence-corrected chi connectivity index (χ1v) is 6.43. The molecule has 1 fully saturated rings. The number of aromatic nitrogens is 1. The molecule has 2 heterocycles. The highest BCUT2D eigenvalue weighted by Crippen LogP contribution is 2.27. The average molecular weight is 280 g/mol. The van der Waals surface area contributed by atoms with E-state index in [9.17, 15) is 5.11 Å². The van der Waals surface area contributed by atoms with Gasteiger partial charge in [0.2, 0.25) is 0 Å². The van der Waals surface area contributed by atoms with Crippen molar-refractivity contribution in [3.8, 4) is 0 Å². The summed E-state index contributed by atoms with van der Waals surface area (Å²) in [6.07, 6.45) is 1.31. The molecule has 110 valence electrons. The Hall–Kier alpha value is -1.86. The molecular weight excluding hydrogens is 260 g/mol. The van der Waals surface area contributed by atoms with E-state index in [4.69, 9.17) is 15.7 Å². The number of pyridine rings is 1. The summed E-state index contributed by atoms with van der Waals surface area (Å²) in [4.78, 5) is 6.19. The van der Waals surface area contributed by atoms with Crippen molar-refractivity contribution in [1.29, 1.82) is 0 Å². The van der Waals surface area contributed by atoms with Crippen molar-refractivity contribution >= 4 is 11.5 Å². The fraction of sp³-hybridized carbons (Fsp3) is 0.538. The number of aliphatic hydroxyl groups excluding tert-OH is 1. The molecule has 1 atom stereocenters. The van der Waals surface area contributed by atoms with Gasteiger partial charge in [-0.1, -0.05) is 5.16 Å². The third-order valence-electron chi connectivity index (χ3n) is 3.16. The van der Waals surface area contributed by atoms with E-state index in [1.54, 1.807) is 12.3 Å². The van der Waals surface area contributed by atoms with Crippen molar-refractivity contribution in [2.75, 3.05) is 24.6 Å². The molecule has 1 unspecified atom stereocenters. The Kier molecular flexibility index (Phi) is 4.10. The van der Waals surface area contributed by atoms with Crippen molar-refractivity contribution in [2.45, 2.75) is 25.6 Å². The molecule has 1 aliphatic rings. The number of amidine groups is 1. The van der Waals surface area contributed by atoms with Gasteiger partial charge in [-0.3, -0.25) is 4.98 Å². The van der Waals surface area contributed by atoms with Gasteiger partial charge in [-0.15, -0.1) is 0 Å². The number of oxime groups is 1. The van der Waals surface area contributed by atoms with Gasteiger partial charge in [-0.25, -0.2) is 0 Å². The van der Waals surface area contributed by atoms with Crippen LogP contribution < -0.4 is 10.6 Å². The van der Waals surface area contributed by atoms with Crippen LogP contribution in [0.25, 0.3) is 0 Å². The summed E-state index contributed by atoms with van der Waals surface area (Å²) in [7, 11) is 0. The number of morpholine rings is 1. The number of ether oxygens (including phenoxy) is 1. The molecule has 4 N–H and O–H groups in total. The molecule has 7 heteroatoms. The van der Waals surface area contributed by atoms with Gasteiger partial charge in [0.05, 0.1) is 24.0 Å². The lowest BCUT2D eigenvalue weighted by Crippen LogP contribution is -2.54. The molecule has 1 saturated heterocycles. The molecule has 0 bridgehead atoms. The molecule has 0 amide bonds. The minimum absolute atomic E-state index is 0.0366. The van der Waals surface area contributed by atoms with E-state index >= 15 is 0 Å². The zero-order chi connectivity index (χ0) is 14.8. The lowest BCUT2D eigenvalue weighted by molar-refractivity contribution is -0.101. The van der Waals surface area contributed by atoms with E-state index in [0.29, 0.717) is 18.8 Å². The fourth-order valence-corrected chi connectivity index (χ4v) is 2.47. The minimum atomic E-state index is -0.399. The van der Waals surface area contributed by atoms with E-state index < -0.39 is 5.60 Å². The highest BCUT2D eigenvalue weighted by atomic mass is 16.5. The first-order chi connectivity index (χ1) is 9.46. The Bertz CT molecular complexity index is 504. The van der Waals surface area contributed by atoms with Gasteiger partial charge in [0, 0.05) is 19.3 Å². The van der Waals surface area contributed by atoms with E-state index in [1.165, 1.54) is 0 Å². The topological polar surface area (TPSA) is 104 Å². The Morgan fingerprint density at radius 2 is 2.40 bits per heavy atom. The number of anilines is 1. The summed E-state index contributed by atoms with van der Waals surface area (Å²) in [5, 5.41) is 21.2. The van der Waals surface area contributed by atoms with Crippen LogP contribution in [0.2, 0.25) is 0 Å². The summed E-state index contributed by atoms with van der Waals surface area (Å²) in [6, 6.07) is 3.65. The monoisotopic (exact) mass is 280 g/mol. The molecule has 2 rings (SSSR count). The quantitative estimate of drug-likeness (QED) is 0.315. The molecule has 1 aromatic heterocycles. The van der Waals surface area contributed by atoms with Crippen LogP contribution in [0, 0.1) is 0 Å². The zero-order valence-electron chi connectivity index (χ0n) is 11.7. The van der Waals surface area contributed by atoms with Crippen LogP contribution in [0.3, 0.4) is 0 Å². The molecule has 0 radical (unpaired) electrons. The van der Waals surface area contributed by atoms with E-state index in [2.05, 4.69) is 10.1 Å². The smallest absolute Gasteiger partial charge is 0.190 e. The van der Waals surface area contributed by atoms with Crippen LogP contribution in [0.15, 0.2) is 23.5 Å². The maximum atomic E-state index is 9.36. The number of rotatable bonds is 3. The summed E-state index contributed by atoms with van der Waals surface area (Å²) >= 11 is 0. The Balaban J connectivity index is 2.35. The standard InChI is InChI=1S/C13H20N4O3/c1-13(2)8-17(6-9(7-18)20-13)10-4-3-5-15-11(10)12(14)16-19/h3-5,9,18-19H,6-8H2,1-2H3,(H2,14,16). The molecule has 0 aromatic carbocycles. The lowest BCUT2D eigenvalue weighted by atomic mass is 10.0. The summed E-state index contributed by atoms with van der Waals surface area (Å²) in [6.45, 7) is 5.01. The second kappa shape index (κ2) is 5.64. The summed E-state index contributed by atoms with van der Waals surface area (Å²) in [5.41, 5.74) is 6.45. The Labute approximate surface area is 117 Å². The first-order valence-electron chi connectivity index (χ1n) is 6.43. The van der Waals surface area contributed by atoms with E-state index in [-0.39, 0.29) is 18.5 Å². The lowest BCUT2D eigenvalue weighted by Gasteiger charge is -2.43. The number of hydrogen-bond acceptors (Lipinski definition) is 6. The van der Waals surface area contributed by atoms with Crippen LogP contribution in [-0.2, 0) is 4.74 Å². The van der Waals surface area contributed by atoms with E-state index in [1.807, 2.05) is 24.8 Å². The van der Waals surface area contributed by atoms with Crippen molar-refractivity contribution in [1.82, 2.24) is 4.98 Å². The van der Waals surface area contributed by atoms with Gasteiger partial charge in [0.1, 0.15) is 5.69 Å². The van der Waals surface area contributed by atoms with Crippen molar-refractivity contribution < 1.29 is 15.1 Å². The molecule has 1 aromatic rings. The maximum absolute atomic E-state index is 9.36. The third kappa shape index (κ3) is 3.00. The number of aliphatic hydroxyl groups is 1. The van der Waals surface area contributed by atoms with Gasteiger partial charge in [0.15, 0.2) is 5.84 Å². The molecule has 1 aliphatic heterocycles. The second-order valence-electron chi connectivity index (χ2n) is 5.42. The van der Waals surface area contributed by atoms with Crippen LogP contribution in [0.1, 0.15) is 19.5 Å². The molecule has 0 spiro atoms. The van der Waals surface area contributed by atoms with Crippen molar-refractivity contribution in [3.63, 3.8) is 0 Å². The SMILES string of the molecule is CC1(C)CN(c2cccnc2/C(N)=N/O)CC(CO)O1. The van der Waals surface area contributed by atoms with Crippen LogP contribution in [0.5, 0.6) is 0 Å². The Morgan fingerprint density at radius 1 is 1.65 bits per heavy atom. The summed E-state index contributed by atoms with van der Waals surface area (Å²) < 4.78 is 5.78. The zero-order valence-corrected chi connectivity index (χ0v) is 11.7. The number of nitrogens with two attached hydrogens (primary N) is 1. The molecule has 0 saturated carbocycles. The predicted octanol–water partition coefficient (Wildman–Crippen LogP) is 0.152. The Morgan fingerprint density at radius 3 is 3.05 bits per heavy atom. The van der Waals surface area contributed by atoms with Gasteiger partial charge >= 0.3 is 0 Å². The van der Waals surface area contributed by atoms with E-state index in [0.717, 1.165) is 5.69 Å². The highest BCUT2D eigenvalue weighted by Gasteiger charge is 2.34. The average Bonchev–Trinajstić information content (AvgIpc) is 2.44. The third-order valence-corrected chi connectivity index (χ3v) is 3.16. The molecule has 0 aliphatic carbocycles. The minimum Gasteiger partial charge on any atom is -0.409 e. The number of hydrogen-bond donors (Lipinski definition) is 3. The highest BCUT2D eigenvalue weighted by molar-refractivity contribution is 6.00. The van der Waals surface area contributed by atoms with Crippen molar-refractivity contribution in [2.24, 2.45) is 10.9 Å². The maximum Gasteiger partial charge on any atom is 0.190 e. The number of nitrogens with zero attached hydrogens (tertiary/aromatic N) is 3. The fourth-order valence-electron chi connectivity index (χ4n) is 2.47. The van der Waals surface area contributed by atoms with Crippen molar-refractivity contribution in [3.05, 3.63) is 24.0 Å². The predicted molar refractivity (Wildman–Crippen MR) is 75.0 cm³/mol. The molecule has 7 nitrogen and oxygen atoms in total. The van der Waals surface area contributed by atoms with Gasteiger partial charge in [-0.2, -0.15) is 0 Å². The normalized spacial score (nSPS) is 22.9. The van der Waals surface area contributed by atoms with Gasteiger partial charge in [-0.05, 0) is 26.0 Å². The molecular formula is C13H20N4O3. The largest absolute Gasteiger partial charge is 0.409 e. The summed E-state index contributed by atoms with van der Waals surface area (Å²) in [5.74, 6) is -0.0366. The van der Waals surface area contributed by atoms with Crippen LogP contribution in [-0.4, -0.2) is 52.5 Å². The molecule has 20 heavy (non-hydrogen) atoms. The van der Waals surface area contributed by atoms with Crippen LogP contribution in [0.4, 0.5) is 5.69 Å². The first kappa shape index (κ1) is 14.5. The van der Waals surface area contributed by atoms with Crippen LogP contribution >= 0.6 is 0 Å².